The van der Waals surface area contributed by atoms with E-state index in [1.807, 2.05) is 0 Å². The van der Waals surface area contributed by atoms with Gasteiger partial charge in [0.2, 0.25) is 0 Å². The second-order valence-electron chi connectivity index (χ2n) is 16.8. The van der Waals surface area contributed by atoms with E-state index < -0.39 is 0 Å². The maximum atomic E-state index is 6.93. The van der Waals surface area contributed by atoms with Gasteiger partial charge in [0.05, 0.1) is 0 Å². The SMILES string of the molecule is c1ccc(-c2ccc3ccc4c(-c5ccc(-c6cc(-c7ccc8ccc9cccc%10ccc7c8c9%10)c7oc8cc9ccccc9cc8c7c6)cc5)ccc5ccc2c3c54)cc1. The second-order valence-corrected chi connectivity index (χ2v) is 16.8. The van der Waals surface area contributed by atoms with E-state index in [0.29, 0.717) is 0 Å². The van der Waals surface area contributed by atoms with Crippen LogP contribution in [0.25, 0.3) is 142 Å². The number of hydrogen-bond donors (Lipinski definition) is 0. The van der Waals surface area contributed by atoms with Gasteiger partial charge in [0.15, 0.2) is 0 Å². The van der Waals surface area contributed by atoms with Crippen LogP contribution in [0.15, 0.2) is 211 Å². The Labute approximate surface area is 351 Å². The van der Waals surface area contributed by atoms with Crippen LogP contribution in [0, 0.1) is 0 Å². The minimum absolute atomic E-state index is 0.907. The Balaban J connectivity index is 0.966. The molecular formula is C60H34O. The Kier molecular flexibility index (Phi) is 6.62. The summed E-state index contributed by atoms with van der Waals surface area (Å²) < 4.78 is 6.93. The molecule has 14 rings (SSSR count). The van der Waals surface area contributed by atoms with Crippen LogP contribution >= 0.6 is 0 Å². The maximum absolute atomic E-state index is 6.93. The first kappa shape index (κ1) is 32.9. The third kappa shape index (κ3) is 4.72. The fourth-order valence-electron chi connectivity index (χ4n) is 10.7. The highest BCUT2D eigenvalue weighted by atomic mass is 16.3. The Bertz CT molecular complexity index is 4060. The van der Waals surface area contributed by atoms with Crippen molar-refractivity contribution < 1.29 is 4.42 Å². The lowest BCUT2D eigenvalue weighted by atomic mass is 9.87. The van der Waals surface area contributed by atoms with Gasteiger partial charge in [0, 0.05) is 16.3 Å². The molecule has 0 unspecified atom stereocenters. The summed E-state index contributed by atoms with van der Waals surface area (Å²) in [6, 6.07) is 76.4. The minimum atomic E-state index is 0.907. The summed E-state index contributed by atoms with van der Waals surface area (Å²) in [5.74, 6) is 0. The Morgan fingerprint density at radius 1 is 0.230 bits per heavy atom. The molecule has 0 bridgehead atoms. The van der Waals surface area contributed by atoms with Crippen LogP contribution < -0.4 is 0 Å². The summed E-state index contributed by atoms with van der Waals surface area (Å²) >= 11 is 0. The smallest absolute Gasteiger partial charge is 0.143 e. The van der Waals surface area contributed by atoms with Gasteiger partial charge in [-0.3, -0.25) is 0 Å². The van der Waals surface area contributed by atoms with Crippen molar-refractivity contribution in [2.24, 2.45) is 0 Å². The summed E-state index contributed by atoms with van der Waals surface area (Å²) in [4.78, 5) is 0. The molecule has 280 valence electrons. The molecule has 0 aliphatic heterocycles. The predicted octanol–water partition coefficient (Wildman–Crippen LogP) is 17.2. The average Bonchev–Trinajstić information content (AvgIpc) is 3.69. The summed E-state index contributed by atoms with van der Waals surface area (Å²) in [6.45, 7) is 0. The molecule has 0 aliphatic rings. The normalized spacial score (nSPS) is 12.3. The highest BCUT2D eigenvalue weighted by Gasteiger charge is 2.20. The van der Waals surface area contributed by atoms with Crippen LogP contribution in [-0.2, 0) is 0 Å². The highest BCUT2D eigenvalue weighted by molar-refractivity contribution is 6.29. The van der Waals surface area contributed by atoms with Crippen LogP contribution in [0.5, 0.6) is 0 Å². The topological polar surface area (TPSA) is 13.1 Å². The first-order chi connectivity index (χ1) is 30.2. The molecule has 0 saturated heterocycles. The molecule has 0 N–H and O–H groups in total. The van der Waals surface area contributed by atoms with Gasteiger partial charge >= 0.3 is 0 Å². The van der Waals surface area contributed by atoms with E-state index in [-0.39, 0.29) is 0 Å². The lowest BCUT2D eigenvalue weighted by Crippen LogP contribution is -1.90. The summed E-state index contributed by atoms with van der Waals surface area (Å²) in [5, 5.41) is 20.1. The molecule has 1 heterocycles. The van der Waals surface area contributed by atoms with Crippen molar-refractivity contribution in [3.05, 3.63) is 206 Å². The van der Waals surface area contributed by atoms with Gasteiger partial charge < -0.3 is 4.42 Å². The van der Waals surface area contributed by atoms with Crippen molar-refractivity contribution in [2.75, 3.05) is 0 Å². The number of hydrogen-bond acceptors (Lipinski definition) is 1. The molecule has 0 saturated carbocycles. The van der Waals surface area contributed by atoms with Crippen molar-refractivity contribution in [2.45, 2.75) is 0 Å². The van der Waals surface area contributed by atoms with E-state index >= 15 is 0 Å². The molecular weight excluding hydrogens is 737 g/mol. The molecule has 1 nitrogen and oxygen atoms in total. The van der Waals surface area contributed by atoms with Gasteiger partial charge in [-0.2, -0.15) is 0 Å². The summed E-state index contributed by atoms with van der Waals surface area (Å²) in [6.07, 6.45) is 0. The third-order valence-corrected chi connectivity index (χ3v) is 13.5. The minimum Gasteiger partial charge on any atom is -0.455 e. The number of furan rings is 1. The predicted molar refractivity (Wildman–Crippen MR) is 260 cm³/mol. The summed E-state index contributed by atoms with van der Waals surface area (Å²) in [7, 11) is 0. The van der Waals surface area contributed by atoms with Crippen molar-refractivity contribution in [3.63, 3.8) is 0 Å². The largest absolute Gasteiger partial charge is 0.455 e. The zero-order valence-corrected chi connectivity index (χ0v) is 33.0. The molecule has 0 radical (unpaired) electrons. The first-order valence-corrected chi connectivity index (χ1v) is 21.1. The molecule has 14 aromatic rings. The Morgan fingerprint density at radius 3 is 1.36 bits per heavy atom. The summed E-state index contributed by atoms with van der Waals surface area (Å²) in [5.41, 5.74) is 11.4. The van der Waals surface area contributed by atoms with Gasteiger partial charge in [-0.15, -0.1) is 0 Å². The van der Waals surface area contributed by atoms with E-state index in [2.05, 4.69) is 206 Å². The fourth-order valence-corrected chi connectivity index (χ4v) is 10.7. The maximum Gasteiger partial charge on any atom is 0.143 e. The zero-order valence-electron chi connectivity index (χ0n) is 33.0. The van der Waals surface area contributed by atoms with Gasteiger partial charge in [-0.05, 0) is 139 Å². The standard InChI is InChI=1S/C60H34O/c1-2-7-36(8-3-1)46-25-19-41-24-29-50-47(26-20-42-23-28-49(46)58(41)59(42)50)37-15-13-35(14-16-37)45-32-53(60-54(33-45)52-31-43-9-4-5-10-44(43)34-55(52)61-60)48-27-21-40-18-17-38-11-6-12-39-22-30-51(48)57(40)56(38)39/h1-34H. The molecule has 0 spiro atoms. The van der Waals surface area contributed by atoms with Crippen molar-refractivity contribution >= 4 is 97.3 Å². The van der Waals surface area contributed by atoms with Gasteiger partial charge in [-0.25, -0.2) is 0 Å². The van der Waals surface area contributed by atoms with E-state index in [1.165, 1.54) is 114 Å². The van der Waals surface area contributed by atoms with Crippen molar-refractivity contribution in [1.29, 1.82) is 0 Å². The quantitative estimate of drug-likeness (QED) is 0.162. The average molecular weight is 771 g/mol. The number of rotatable bonds is 4. The number of fused-ring (bicyclic) bond motifs is 4. The van der Waals surface area contributed by atoms with E-state index in [1.54, 1.807) is 0 Å². The molecule has 61 heavy (non-hydrogen) atoms. The molecule has 1 heteroatoms. The third-order valence-electron chi connectivity index (χ3n) is 13.5. The van der Waals surface area contributed by atoms with Crippen LogP contribution in [0.1, 0.15) is 0 Å². The lowest BCUT2D eigenvalue weighted by molar-refractivity contribution is 0.670. The van der Waals surface area contributed by atoms with Crippen LogP contribution in [0.4, 0.5) is 0 Å². The molecule has 0 amide bonds. The van der Waals surface area contributed by atoms with E-state index in [9.17, 15) is 0 Å². The first-order valence-electron chi connectivity index (χ1n) is 21.1. The molecule has 0 atom stereocenters. The van der Waals surface area contributed by atoms with E-state index in [0.717, 1.165) is 27.5 Å². The lowest BCUT2D eigenvalue weighted by Gasteiger charge is -2.17. The molecule has 0 fully saturated rings. The molecule has 13 aromatic carbocycles. The Hall–Kier alpha value is -8.00. The monoisotopic (exact) mass is 770 g/mol. The van der Waals surface area contributed by atoms with Crippen LogP contribution in [0.3, 0.4) is 0 Å². The fraction of sp³-hybridized carbons (Fsp3) is 0. The zero-order chi connectivity index (χ0) is 39.8. The van der Waals surface area contributed by atoms with Crippen LogP contribution in [0.2, 0.25) is 0 Å². The molecule has 0 aliphatic carbocycles. The van der Waals surface area contributed by atoms with Crippen LogP contribution in [-0.4, -0.2) is 0 Å². The van der Waals surface area contributed by atoms with Crippen molar-refractivity contribution in [1.82, 2.24) is 0 Å². The van der Waals surface area contributed by atoms with Gasteiger partial charge in [0.25, 0.3) is 0 Å². The number of benzene rings is 13. The second kappa shape index (κ2) is 12.3. The van der Waals surface area contributed by atoms with Gasteiger partial charge in [-0.1, -0.05) is 182 Å². The van der Waals surface area contributed by atoms with E-state index in [4.69, 9.17) is 4.42 Å². The highest BCUT2D eigenvalue weighted by Crippen LogP contribution is 2.46. The van der Waals surface area contributed by atoms with Gasteiger partial charge in [0.1, 0.15) is 11.2 Å². The molecule has 1 aromatic heterocycles. The van der Waals surface area contributed by atoms with Crippen molar-refractivity contribution in [3.8, 4) is 44.5 Å². The Morgan fingerprint density at radius 2 is 0.705 bits per heavy atom.